The zero-order chi connectivity index (χ0) is 15.8. The third-order valence-electron chi connectivity index (χ3n) is 4.32. The number of hydrogen-bond donors (Lipinski definition) is 1. The Hall–Kier alpha value is -1.60. The zero-order valence-electron chi connectivity index (χ0n) is 14.1. The average Bonchev–Trinajstić information content (AvgIpc) is 2.55. The molecule has 0 bridgehead atoms. The normalized spacial score (nSPS) is 15.2. The van der Waals surface area contributed by atoms with E-state index in [1.807, 2.05) is 0 Å². The molecule has 0 radical (unpaired) electrons. The molecule has 0 fully saturated rings. The third kappa shape index (κ3) is 5.65. The highest BCUT2D eigenvalue weighted by Gasteiger charge is 2.11. The molecule has 0 aliphatic rings. The Balaban J connectivity index is 1.72. The molecule has 1 N–H and O–H groups in total. The third-order valence-corrected chi connectivity index (χ3v) is 4.32. The SMILES string of the molecule is CC(CNC(C)Cc1ccccc1)CC(C)c1ccccc1. The van der Waals surface area contributed by atoms with E-state index in [-0.39, 0.29) is 0 Å². The Labute approximate surface area is 135 Å². The summed E-state index contributed by atoms with van der Waals surface area (Å²) in [4.78, 5) is 0. The first kappa shape index (κ1) is 16.8. The lowest BCUT2D eigenvalue weighted by molar-refractivity contribution is 0.418. The molecule has 1 heteroatoms. The van der Waals surface area contributed by atoms with Gasteiger partial charge in [-0.1, -0.05) is 74.5 Å². The van der Waals surface area contributed by atoms with Gasteiger partial charge in [0.15, 0.2) is 0 Å². The molecular weight excluding hydrogens is 266 g/mol. The fourth-order valence-corrected chi connectivity index (χ4v) is 3.05. The number of nitrogens with one attached hydrogen (secondary N) is 1. The van der Waals surface area contributed by atoms with Gasteiger partial charge < -0.3 is 5.32 Å². The average molecular weight is 295 g/mol. The molecule has 0 spiro atoms. The summed E-state index contributed by atoms with van der Waals surface area (Å²) in [6.07, 6.45) is 2.33. The van der Waals surface area contributed by atoms with E-state index >= 15 is 0 Å². The van der Waals surface area contributed by atoms with Gasteiger partial charge in [0.25, 0.3) is 0 Å². The summed E-state index contributed by atoms with van der Waals surface area (Å²) in [5, 5.41) is 3.69. The van der Waals surface area contributed by atoms with Gasteiger partial charge in [0, 0.05) is 6.04 Å². The molecule has 0 aromatic heterocycles. The molecule has 0 saturated carbocycles. The predicted molar refractivity (Wildman–Crippen MR) is 96.2 cm³/mol. The Morgan fingerprint density at radius 2 is 1.41 bits per heavy atom. The minimum absolute atomic E-state index is 0.525. The Kier molecular flexibility index (Phi) is 6.67. The highest BCUT2D eigenvalue weighted by Crippen LogP contribution is 2.22. The van der Waals surface area contributed by atoms with Crippen molar-refractivity contribution in [3.05, 3.63) is 71.8 Å². The van der Waals surface area contributed by atoms with Crippen molar-refractivity contribution in [2.75, 3.05) is 6.54 Å². The molecular formula is C21H29N. The summed E-state index contributed by atoms with van der Waals surface area (Å²) in [6, 6.07) is 22.1. The fourth-order valence-electron chi connectivity index (χ4n) is 3.05. The van der Waals surface area contributed by atoms with Crippen LogP contribution in [0.15, 0.2) is 60.7 Å². The molecule has 0 aliphatic carbocycles. The van der Waals surface area contributed by atoms with E-state index in [4.69, 9.17) is 0 Å². The summed E-state index contributed by atoms with van der Waals surface area (Å²) in [7, 11) is 0. The van der Waals surface area contributed by atoms with Crippen molar-refractivity contribution < 1.29 is 0 Å². The van der Waals surface area contributed by atoms with E-state index in [9.17, 15) is 0 Å². The second-order valence-corrected chi connectivity index (χ2v) is 6.65. The molecule has 118 valence electrons. The van der Waals surface area contributed by atoms with Crippen LogP contribution in [0.1, 0.15) is 44.2 Å². The number of hydrogen-bond acceptors (Lipinski definition) is 1. The van der Waals surface area contributed by atoms with Crippen molar-refractivity contribution >= 4 is 0 Å². The molecule has 0 amide bonds. The second-order valence-electron chi connectivity index (χ2n) is 6.65. The van der Waals surface area contributed by atoms with Crippen molar-refractivity contribution in [1.29, 1.82) is 0 Å². The zero-order valence-corrected chi connectivity index (χ0v) is 14.1. The maximum Gasteiger partial charge on any atom is 0.00792 e. The van der Waals surface area contributed by atoms with Gasteiger partial charge in [-0.3, -0.25) is 0 Å². The summed E-state index contributed by atoms with van der Waals surface area (Å²) >= 11 is 0. The molecule has 2 aromatic carbocycles. The largest absolute Gasteiger partial charge is 0.314 e. The van der Waals surface area contributed by atoms with Crippen molar-refractivity contribution in [3.63, 3.8) is 0 Å². The monoisotopic (exact) mass is 295 g/mol. The van der Waals surface area contributed by atoms with Crippen LogP contribution >= 0.6 is 0 Å². The summed E-state index contributed by atoms with van der Waals surface area (Å²) in [6.45, 7) is 8.05. The van der Waals surface area contributed by atoms with Crippen molar-refractivity contribution in [2.24, 2.45) is 5.92 Å². The Morgan fingerprint density at radius 1 is 0.818 bits per heavy atom. The van der Waals surface area contributed by atoms with E-state index in [1.165, 1.54) is 17.5 Å². The van der Waals surface area contributed by atoms with Crippen LogP contribution in [0.2, 0.25) is 0 Å². The fraction of sp³-hybridized carbons (Fsp3) is 0.429. The Morgan fingerprint density at radius 3 is 2.05 bits per heavy atom. The van der Waals surface area contributed by atoms with Crippen LogP contribution in [0.25, 0.3) is 0 Å². The van der Waals surface area contributed by atoms with Gasteiger partial charge >= 0.3 is 0 Å². The molecule has 2 aromatic rings. The molecule has 22 heavy (non-hydrogen) atoms. The van der Waals surface area contributed by atoms with Crippen molar-refractivity contribution in [2.45, 2.75) is 45.6 Å². The second kappa shape index (κ2) is 8.75. The van der Waals surface area contributed by atoms with Crippen LogP contribution in [-0.2, 0) is 6.42 Å². The van der Waals surface area contributed by atoms with Crippen LogP contribution in [-0.4, -0.2) is 12.6 Å². The minimum Gasteiger partial charge on any atom is -0.314 e. The topological polar surface area (TPSA) is 12.0 Å². The van der Waals surface area contributed by atoms with Crippen LogP contribution in [0, 0.1) is 5.92 Å². The summed E-state index contributed by atoms with van der Waals surface area (Å²) in [5.74, 6) is 1.32. The maximum absolute atomic E-state index is 3.69. The van der Waals surface area contributed by atoms with Gasteiger partial charge in [0.2, 0.25) is 0 Å². The van der Waals surface area contributed by atoms with E-state index in [0.717, 1.165) is 13.0 Å². The van der Waals surface area contributed by atoms with Crippen molar-refractivity contribution in [1.82, 2.24) is 5.32 Å². The molecule has 3 atom stereocenters. The minimum atomic E-state index is 0.525. The van der Waals surface area contributed by atoms with E-state index in [1.54, 1.807) is 0 Å². The van der Waals surface area contributed by atoms with E-state index in [2.05, 4.69) is 86.8 Å². The number of rotatable bonds is 8. The summed E-state index contributed by atoms with van der Waals surface area (Å²) in [5.41, 5.74) is 2.86. The lowest BCUT2D eigenvalue weighted by atomic mass is 9.91. The van der Waals surface area contributed by atoms with Crippen LogP contribution < -0.4 is 5.32 Å². The Bertz CT molecular complexity index is 520. The maximum atomic E-state index is 3.69. The predicted octanol–water partition coefficient (Wildman–Crippen LogP) is 5.04. The quantitative estimate of drug-likeness (QED) is 0.719. The molecule has 0 saturated heterocycles. The van der Waals surface area contributed by atoms with Gasteiger partial charge in [-0.05, 0) is 49.3 Å². The lowest BCUT2D eigenvalue weighted by Crippen LogP contribution is -2.32. The smallest absolute Gasteiger partial charge is 0.00792 e. The van der Waals surface area contributed by atoms with Crippen molar-refractivity contribution in [3.8, 4) is 0 Å². The highest BCUT2D eigenvalue weighted by molar-refractivity contribution is 5.18. The lowest BCUT2D eigenvalue weighted by Gasteiger charge is -2.21. The first-order valence-electron chi connectivity index (χ1n) is 8.47. The van der Waals surface area contributed by atoms with Gasteiger partial charge in [-0.15, -0.1) is 0 Å². The van der Waals surface area contributed by atoms with Gasteiger partial charge in [-0.2, -0.15) is 0 Å². The molecule has 2 rings (SSSR count). The van der Waals surface area contributed by atoms with E-state index < -0.39 is 0 Å². The first-order chi connectivity index (χ1) is 10.6. The van der Waals surface area contributed by atoms with E-state index in [0.29, 0.717) is 17.9 Å². The highest BCUT2D eigenvalue weighted by atomic mass is 14.9. The van der Waals surface area contributed by atoms with Crippen LogP contribution in [0.5, 0.6) is 0 Å². The van der Waals surface area contributed by atoms with Gasteiger partial charge in [-0.25, -0.2) is 0 Å². The first-order valence-corrected chi connectivity index (χ1v) is 8.47. The number of benzene rings is 2. The van der Waals surface area contributed by atoms with Gasteiger partial charge in [0.05, 0.1) is 0 Å². The van der Waals surface area contributed by atoms with Crippen LogP contribution in [0.4, 0.5) is 0 Å². The molecule has 0 aliphatic heterocycles. The van der Waals surface area contributed by atoms with Gasteiger partial charge in [0.1, 0.15) is 0 Å². The standard InChI is InChI=1S/C21H29N/c1-17(14-18(2)21-12-8-5-9-13-21)16-22-19(3)15-20-10-6-4-7-11-20/h4-13,17-19,22H,14-16H2,1-3H3. The molecule has 0 heterocycles. The van der Waals surface area contributed by atoms with Crippen LogP contribution in [0.3, 0.4) is 0 Å². The molecule has 3 unspecified atom stereocenters. The summed E-state index contributed by atoms with van der Waals surface area (Å²) < 4.78 is 0. The molecule has 1 nitrogen and oxygen atoms in total.